The van der Waals surface area contributed by atoms with Gasteiger partial charge >= 0.3 is 0 Å². The van der Waals surface area contributed by atoms with Crippen molar-refractivity contribution in [3.05, 3.63) is 46.6 Å². The Kier molecular flexibility index (Phi) is 12.8. The van der Waals surface area contributed by atoms with Gasteiger partial charge in [0.05, 0.1) is 13.2 Å². The second-order valence-corrected chi connectivity index (χ2v) is 6.20. The molecule has 22 heavy (non-hydrogen) atoms. The summed E-state index contributed by atoms with van der Waals surface area (Å²) in [4.78, 5) is 0. The molecule has 0 bridgehead atoms. The minimum Gasteiger partial charge on any atom is -0.392 e. The highest BCUT2D eigenvalue weighted by Gasteiger charge is 1.95. The molecule has 0 saturated heterocycles. The molecule has 0 saturated carbocycles. The molecule has 0 heterocycles. The Balaban J connectivity index is 4.01. The molecular formula is C20H34O2. The maximum absolute atomic E-state index is 9.12. The number of aliphatic hydroxyl groups excluding tert-OH is 2. The van der Waals surface area contributed by atoms with Crippen molar-refractivity contribution in [2.24, 2.45) is 0 Å². The van der Waals surface area contributed by atoms with Gasteiger partial charge in [-0.05, 0) is 71.8 Å². The highest BCUT2D eigenvalue weighted by Crippen LogP contribution is 2.13. The highest BCUT2D eigenvalue weighted by molar-refractivity contribution is 5.08. The predicted octanol–water partition coefficient (Wildman–Crippen LogP) is 5.10. The largest absolute Gasteiger partial charge is 0.392 e. The quantitative estimate of drug-likeness (QED) is 0.522. The summed E-state index contributed by atoms with van der Waals surface area (Å²) in [7, 11) is 0. The Morgan fingerprint density at radius 2 is 1.18 bits per heavy atom. The van der Waals surface area contributed by atoms with Crippen molar-refractivity contribution >= 4 is 0 Å². The molecule has 0 aromatic carbocycles. The van der Waals surface area contributed by atoms with Crippen molar-refractivity contribution in [3.8, 4) is 0 Å². The third-order valence-corrected chi connectivity index (χ3v) is 3.66. The molecule has 0 aliphatic heterocycles. The van der Waals surface area contributed by atoms with Crippen LogP contribution in [-0.4, -0.2) is 23.4 Å². The molecule has 0 unspecified atom stereocenters. The van der Waals surface area contributed by atoms with Gasteiger partial charge < -0.3 is 10.2 Å². The summed E-state index contributed by atoms with van der Waals surface area (Å²) in [5.74, 6) is 0. The minimum absolute atomic E-state index is 0.00933. The van der Waals surface area contributed by atoms with Gasteiger partial charge in [0.2, 0.25) is 0 Å². The van der Waals surface area contributed by atoms with Gasteiger partial charge in [-0.1, -0.05) is 41.0 Å². The SMILES string of the molecule is CC(C)=CCC/C(C)=C/CC/C(C)=C/CC/C(=C\CO)CO. The van der Waals surface area contributed by atoms with E-state index >= 15 is 0 Å². The van der Waals surface area contributed by atoms with Crippen molar-refractivity contribution in [1.29, 1.82) is 0 Å². The average molecular weight is 306 g/mol. The van der Waals surface area contributed by atoms with Crippen molar-refractivity contribution < 1.29 is 10.2 Å². The maximum Gasteiger partial charge on any atom is 0.0642 e. The van der Waals surface area contributed by atoms with Gasteiger partial charge in [0.1, 0.15) is 0 Å². The van der Waals surface area contributed by atoms with Crippen LogP contribution in [0.2, 0.25) is 0 Å². The standard InChI is InChI=1S/C20H34O2/c1-17(2)8-5-9-18(3)10-6-11-19(4)12-7-13-20(16-22)14-15-21/h8,10,12,14,21-22H,5-7,9,11,13,15-16H2,1-4H3/b18-10+,19-12+,20-14+. The van der Waals surface area contributed by atoms with Crippen LogP contribution < -0.4 is 0 Å². The van der Waals surface area contributed by atoms with Crippen molar-refractivity contribution in [2.75, 3.05) is 13.2 Å². The first-order chi connectivity index (χ1) is 10.5. The molecule has 126 valence electrons. The van der Waals surface area contributed by atoms with Gasteiger partial charge in [0.25, 0.3) is 0 Å². The van der Waals surface area contributed by atoms with Crippen LogP contribution in [-0.2, 0) is 0 Å². The average Bonchev–Trinajstić information content (AvgIpc) is 2.46. The lowest BCUT2D eigenvalue weighted by Crippen LogP contribution is -1.92. The zero-order valence-corrected chi connectivity index (χ0v) is 14.9. The van der Waals surface area contributed by atoms with Crippen LogP contribution in [0, 0.1) is 0 Å². The third-order valence-electron chi connectivity index (χ3n) is 3.66. The van der Waals surface area contributed by atoms with Crippen LogP contribution in [0.4, 0.5) is 0 Å². The highest BCUT2D eigenvalue weighted by atomic mass is 16.3. The zero-order chi connectivity index (χ0) is 16.8. The van der Waals surface area contributed by atoms with Gasteiger partial charge in [-0.25, -0.2) is 0 Å². The fourth-order valence-corrected chi connectivity index (χ4v) is 2.22. The van der Waals surface area contributed by atoms with E-state index < -0.39 is 0 Å². The van der Waals surface area contributed by atoms with E-state index in [1.54, 1.807) is 6.08 Å². The van der Waals surface area contributed by atoms with E-state index in [-0.39, 0.29) is 13.2 Å². The first kappa shape index (κ1) is 20.9. The molecule has 0 aromatic rings. The van der Waals surface area contributed by atoms with Gasteiger partial charge in [-0.3, -0.25) is 0 Å². The fourth-order valence-electron chi connectivity index (χ4n) is 2.22. The molecule has 2 nitrogen and oxygen atoms in total. The molecule has 0 rings (SSSR count). The number of rotatable bonds is 11. The molecule has 2 heteroatoms. The molecule has 0 aliphatic carbocycles. The topological polar surface area (TPSA) is 40.5 Å². The monoisotopic (exact) mass is 306 g/mol. The Bertz CT molecular complexity index is 407. The van der Waals surface area contributed by atoms with Crippen LogP contribution in [0.25, 0.3) is 0 Å². The minimum atomic E-state index is 0.00933. The van der Waals surface area contributed by atoms with E-state index in [0.717, 1.165) is 44.1 Å². The molecule has 0 amide bonds. The van der Waals surface area contributed by atoms with Gasteiger partial charge in [-0.2, -0.15) is 0 Å². The normalized spacial score (nSPS) is 13.5. The van der Waals surface area contributed by atoms with Crippen LogP contribution >= 0.6 is 0 Å². The lowest BCUT2D eigenvalue weighted by Gasteiger charge is -2.03. The smallest absolute Gasteiger partial charge is 0.0642 e. The maximum atomic E-state index is 9.12. The van der Waals surface area contributed by atoms with E-state index in [1.165, 1.54) is 16.7 Å². The summed E-state index contributed by atoms with van der Waals surface area (Å²) in [5.41, 5.74) is 5.18. The second-order valence-electron chi connectivity index (χ2n) is 6.20. The lowest BCUT2D eigenvalue weighted by molar-refractivity contribution is 0.315. The van der Waals surface area contributed by atoms with Crippen molar-refractivity contribution in [1.82, 2.24) is 0 Å². The van der Waals surface area contributed by atoms with Crippen LogP contribution in [0.1, 0.15) is 66.2 Å². The number of aliphatic hydroxyl groups is 2. The number of hydrogen-bond donors (Lipinski definition) is 2. The molecule has 0 atom stereocenters. The Labute approximate surface area is 137 Å². The number of allylic oxidation sites excluding steroid dienone is 6. The summed E-state index contributed by atoms with van der Waals surface area (Å²) in [6.45, 7) is 8.72. The van der Waals surface area contributed by atoms with E-state index in [9.17, 15) is 0 Å². The van der Waals surface area contributed by atoms with E-state index in [1.807, 2.05) is 0 Å². The van der Waals surface area contributed by atoms with Crippen LogP contribution in [0.3, 0.4) is 0 Å². The molecule has 0 spiro atoms. The summed E-state index contributed by atoms with van der Waals surface area (Å²) in [6.07, 6.45) is 14.8. The summed E-state index contributed by atoms with van der Waals surface area (Å²) < 4.78 is 0. The third kappa shape index (κ3) is 12.6. The van der Waals surface area contributed by atoms with Crippen LogP contribution in [0.15, 0.2) is 46.6 Å². The predicted molar refractivity (Wildman–Crippen MR) is 96.9 cm³/mol. The summed E-state index contributed by atoms with van der Waals surface area (Å²) in [6, 6.07) is 0. The van der Waals surface area contributed by atoms with E-state index in [4.69, 9.17) is 10.2 Å². The van der Waals surface area contributed by atoms with E-state index in [0.29, 0.717) is 0 Å². The summed E-state index contributed by atoms with van der Waals surface area (Å²) >= 11 is 0. The molecule has 0 radical (unpaired) electrons. The Morgan fingerprint density at radius 1 is 0.682 bits per heavy atom. The first-order valence-corrected chi connectivity index (χ1v) is 8.33. The van der Waals surface area contributed by atoms with Crippen molar-refractivity contribution in [2.45, 2.75) is 66.2 Å². The molecule has 0 aliphatic rings. The Hall–Kier alpha value is -1.12. The number of hydrogen-bond acceptors (Lipinski definition) is 2. The molecular weight excluding hydrogens is 272 g/mol. The second kappa shape index (κ2) is 13.5. The first-order valence-electron chi connectivity index (χ1n) is 8.33. The van der Waals surface area contributed by atoms with Gasteiger partial charge in [0, 0.05) is 0 Å². The Morgan fingerprint density at radius 3 is 1.64 bits per heavy atom. The molecule has 0 aromatic heterocycles. The van der Waals surface area contributed by atoms with Crippen molar-refractivity contribution in [3.63, 3.8) is 0 Å². The van der Waals surface area contributed by atoms with Gasteiger partial charge in [-0.15, -0.1) is 0 Å². The summed E-state index contributed by atoms with van der Waals surface area (Å²) in [5, 5.41) is 17.9. The van der Waals surface area contributed by atoms with Crippen LogP contribution in [0.5, 0.6) is 0 Å². The zero-order valence-electron chi connectivity index (χ0n) is 14.9. The lowest BCUT2D eigenvalue weighted by atomic mass is 10.0. The molecule has 0 fully saturated rings. The fraction of sp³-hybridized carbons (Fsp3) is 0.600. The molecule has 2 N–H and O–H groups in total. The van der Waals surface area contributed by atoms with E-state index in [2.05, 4.69) is 45.9 Å². The van der Waals surface area contributed by atoms with Gasteiger partial charge in [0.15, 0.2) is 0 Å².